The highest BCUT2D eigenvalue weighted by molar-refractivity contribution is 5.94. The number of carboxylic acids is 1. The number of carboxylic acid groups (broad SMARTS) is 1. The van der Waals surface area contributed by atoms with Gasteiger partial charge >= 0.3 is 12.0 Å². The molecule has 1 saturated heterocycles. The summed E-state index contributed by atoms with van der Waals surface area (Å²) in [5.74, 6) is -1.08. The fraction of sp³-hybridized carbons (Fsp3) is 0.385. The Morgan fingerprint density at radius 1 is 1.48 bits per heavy atom. The van der Waals surface area contributed by atoms with Gasteiger partial charge in [-0.3, -0.25) is 14.6 Å². The monoisotopic (exact) mass is 292 g/mol. The molecule has 0 radical (unpaired) electrons. The van der Waals surface area contributed by atoms with Crippen LogP contribution < -0.4 is 10.6 Å². The fourth-order valence-electron chi connectivity index (χ4n) is 2.04. The molecule has 0 bridgehead atoms. The Bertz CT molecular complexity index is 558. The standard InChI is InChI=1S/C13H16N4O4/c1-17-5-4-10(12(17)20)16-13(21)15-9-3-2-8(14-7-9)6-11(18)19/h2-3,7,10H,4-6H2,1H3,(H,18,19)(H2,15,16,21). The van der Waals surface area contributed by atoms with Crippen LogP contribution in [-0.2, 0) is 16.0 Å². The molecule has 1 aromatic rings. The molecule has 1 fully saturated rings. The van der Waals surface area contributed by atoms with Gasteiger partial charge in [0.15, 0.2) is 0 Å². The van der Waals surface area contributed by atoms with Crippen LogP contribution in [0.15, 0.2) is 18.3 Å². The highest BCUT2D eigenvalue weighted by Crippen LogP contribution is 2.10. The molecule has 8 nitrogen and oxygen atoms in total. The van der Waals surface area contributed by atoms with Crippen LogP contribution in [0.2, 0.25) is 0 Å². The summed E-state index contributed by atoms with van der Waals surface area (Å²) in [5, 5.41) is 13.8. The average molecular weight is 292 g/mol. The van der Waals surface area contributed by atoms with Crippen molar-refractivity contribution in [2.75, 3.05) is 18.9 Å². The Morgan fingerprint density at radius 2 is 2.24 bits per heavy atom. The van der Waals surface area contributed by atoms with E-state index in [1.54, 1.807) is 18.0 Å². The van der Waals surface area contributed by atoms with Gasteiger partial charge in [0.2, 0.25) is 5.91 Å². The van der Waals surface area contributed by atoms with E-state index in [1.807, 2.05) is 0 Å². The number of likely N-dealkylation sites (N-methyl/N-ethyl adjacent to an activating group) is 1. The molecule has 0 aromatic carbocycles. The molecule has 2 rings (SSSR count). The first kappa shape index (κ1) is 14.8. The van der Waals surface area contributed by atoms with E-state index in [2.05, 4.69) is 15.6 Å². The third kappa shape index (κ3) is 3.91. The summed E-state index contributed by atoms with van der Waals surface area (Å²) in [6, 6.07) is 2.09. The zero-order valence-corrected chi connectivity index (χ0v) is 11.5. The van der Waals surface area contributed by atoms with E-state index in [1.165, 1.54) is 12.3 Å². The molecule has 1 aliphatic rings. The number of aromatic nitrogens is 1. The molecule has 112 valence electrons. The first-order chi connectivity index (χ1) is 9.95. The van der Waals surface area contributed by atoms with E-state index in [4.69, 9.17) is 5.11 Å². The van der Waals surface area contributed by atoms with Crippen LogP contribution >= 0.6 is 0 Å². The maximum atomic E-state index is 11.8. The van der Waals surface area contributed by atoms with Crippen molar-refractivity contribution in [1.29, 1.82) is 0 Å². The van der Waals surface area contributed by atoms with E-state index in [0.717, 1.165) is 0 Å². The third-order valence-electron chi connectivity index (χ3n) is 3.15. The van der Waals surface area contributed by atoms with Crippen LogP contribution in [0, 0.1) is 0 Å². The predicted molar refractivity (Wildman–Crippen MR) is 73.8 cm³/mol. The van der Waals surface area contributed by atoms with Crippen LogP contribution in [0.25, 0.3) is 0 Å². The van der Waals surface area contributed by atoms with Gasteiger partial charge in [-0.2, -0.15) is 0 Å². The number of carbonyl (C=O) groups excluding carboxylic acids is 2. The minimum atomic E-state index is -0.968. The molecule has 1 aliphatic heterocycles. The first-order valence-corrected chi connectivity index (χ1v) is 6.45. The SMILES string of the molecule is CN1CCC(NC(=O)Nc2ccc(CC(=O)O)nc2)C1=O. The number of urea groups is 1. The third-order valence-corrected chi connectivity index (χ3v) is 3.15. The molecule has 3 N–H and O–H groups in total. The summed E-state index contributed by atoms with van der Waals surface area (Å²) >= 11 is 0. The lowest BCUT2D eigenvalue weighted by Crippen LogP contribution is -2.42. The number of rotatable bonds is 4. The first-order valence-electron chi connectivity index (χ1n) is 6.45. The smallest absolute Gasteiger partial charge is 0.319 e. The van der Waals surface area contributed by atoms with Crippen LogP contribution in [0.1, 0.15) is 12.1 Å². The van der Waals surface area contributed by atoms with E-state index in [-0.39, 0.29) is 12.3 Å². The molecule has 1 aromatic heterocycles. The van der Waals surface area contributed by atoms with Crippen molar-refractivity contribution in [3.63, 3.8) is 0 Å². The van der Waals surface area contributed by atoms with Crippen molar-refractivity contribution >= 4 is 23.6 Å². The largest absolute Gasteiger partial charge is 0.481 e. The van der Waals surface area contributed by atoms with Gasteiger partial charge in [-0.15, -0.1) is 0 Å². The van der Waals surface area contributed by atoms with Crippen molar-refractivity contribution in [2.45, 2.75) is 18.9 Å². The number of nitrogens with one attached hydrogen (secondary N) is 2. The lowest BCUT2D eigenvalue weighted by atomic mass is 10.2. The maximum Gasteiger partial charge on any atom is 0.319 e. The molecule has 1 atom stereocenters. The van der Waals surface area contributed by atoms with Crippen LogP contribution in [0.4, 0.5) is 10.5 Å². The second-order valence-corrected chi connectivity index (χ2v) is 4.81. The zero-order valence-electron chi connectivity index (χ0n) is 11.5. The lowest BCUT2D eigenvalue weighted by molar-refractivity contribution is -0.136. The predicted octanol–water partition coefficient (Wildman–Crippen LogP) is 0.0609. The van der Waals surface area contributed by atoms with Gasteiger partial charge in [-0.25, -0.2) is 4.79 Å². The van der Waals surface area contributed by atoms with E-state index < -0.39 is 18.0 Å². The minimum Gasteiger partial charge on any atom is -0.481 e. The van der Waals surface area contributed by atoms with Gasteiger partial charge in [0.25, 0.3) is 0 Å². The second kappa shape index (κ2) is 6.21. The summed E-state index contributed by atoms with van der Waals surface area (Å²) in [6.45, 7) is 0.620. The van der Waals surface area contributed by atoms with Crippen molar-refractivity contribution < 1.29 is 19.5 Å². The lowest BCUT2D eigenvalue weighted by Gasteiger charge is -2.13. The molecule has 3 amide bonds. The molecule has 21 heavy (non-hydrogen) atoms. The highest BCUT2D eigenvalue weighted by Gasteiger charge is 2.30. The molecule has 8 heteroatoms. The van der Waals surface area contributed by atoms with E-state index >= 15 is 0 Å². The Morgan fingerprint density at radius 3 is 2.76 bits per heavy atom. The number of nitrogens with zero attached hydrogens (tertiary/aromatic N) is 2. The van der Waals surface area contributed by atoms with Gasteiger partial charge in [0, 0.05) is 13.6 Å². The number of carbonyl (C=O) groups is 3. The van der Waals surface area contributed by atoms with Crippen LogP contribution in [0.5, 0.6) is 0 Å². The number of hydrogen-bond acceptors (Lipinski definition) is 4. The number of hydrogen-bond donors (Lipinski definition) is 3. The summed E-state index contributed by atoms with van der Waals surface area (Å²) in [4.78, 5) is 39.4. The Labute approximate surface area is 121 Å². The van der Waals surface area contributed by atoms with Gasteiger partial charge < -0.3 is 20.6 Å². The number of anilines is 1. The highest BCUT2D eigenvalue weighted by atomic mass is 16.4. The van der Waals surface area contributed by atoms with Crippen molar-refractivity contribution in [1.82, 2.24) is 15.2 Å². The fourth-order valence-corrected chi connectivity index (χ4v) is 2.04. The maximum absolute atomic E-state index is 11.8. The average Bonchev–Trinajstić information content (AvgIpc) is 2.72. The van der Waals surface area contributed by atoms with Gasteiger partial charge in [0.05, 0.1) is 24.0 Å². The topological polar surface area (TPSA) is 112 Å². The summed E-state index contributed by atoms with van der Waals surface area (Å²) < 4.78 is 0. The Kier molecular flexibility index (Phi) is 4.36. The van der Waals surface area contributed by atoms with E-state index in [0.29, 0.717) is 24.3 Å². The molecular formula is C13H16N4O4. The number of likely N-dealkylation sites (tertiary alicyclic amines) is 1. The van der Waals surface area contributed by atoms with Crippen LogP contribution in [-0.4, -0.2) is 52.5 Å². The Hall–Kier alpha value is -2.64. The quantitative estimate of drug-likeness (QED) is 0.726. The molecule has 0 saturated carbocycles. The van der Waals surface area contributed by atoms with Crippen molar-refractivity contribution in [3.05, 3.63) is 24.0 Å². The number of aliphatic carboxylic acids is 1. The molecular weight excluding hydrogens is 276 g/mol. The van der Waals surface area contributed by atoms with Crippen molar-refractivity contribution in [2.24, 2.45) is 0 Å². The normalized spacial score (nSPS) is 17.7. The van der Waals surface area contributed by atoms with Crippen molar-refractivity contribution in [3.8, 4) is 0 Å². The summed E-state index contributed by atoms with van der Waals surface area (Å²) in [7, 11) is 1.69. The minimum absolute atomic E-state index is 0.111. The molecule has 0 spiro atoms. The molecule has 0 aliphatic carbocycles. The Balaban J connectivity index is 1.88. The number of pyridine rings is 1. The summed E-state index contributed by atoms with van der Waals surface area (Å²) in [6.07, 6.45) is 1.79. The number of amides is 3. The summed E-state index contributed by atoms with van der Waals surface area (Å²) in [5.41, 5.74) is 0.835. The van der Waals surface area contributed by atoms with Gasteiger partial charge in [-0.05, 0) is 18.6 Å². The molecule has 1 unspecified atom stereocenters. The van der Waals surface area contributed by atoms with Gasteiger partial charge in [0.1, 0.15) is 6.04 Å². The van der Waals surface area contributed by atoms with Gasteiger partial charge in [-0.1, -0.05) is 0 Å². The van der Waals surface area contributed by atoms with Crippen LogP contribution in [0.3, 0.4) is 0 Å². The second-order valence-electron chi connectivity index (χ2n) is 4.81. The molecule has 2 heterocycles. The zero-order chi connectivity index (χ0) is 15.4. The van der Waals surface area contributed by atoms with E-state index in [9.17, 15) is 14.4 Å².